The van der Waals surface area contributed by atoms with Crippen molar-refractivity contribution in [1.82, 2.24) is 4.98 Å². The van der Waals surface area contributed by atoms with Gasteiger partial charge in [0.25, 0.3) is 0 Å². The van der Waals surface area contributed by atoms with Crippen LogP contribution >= 0.6 is 0 Å². The Bertz CT molecular complexity index is 854. The Morgan fingerprint density at radius 1 is 1.22 bits per heavy atom. The molecule has 1 aliphatic rings. The highest BCUT2D eigenvalue weighted by Crippen LogP contribution is 2.36. The minimum absolute atomic E-state index is 0.315. The fourth-order valence-electron chi connectivity index (χ4n) is 3.17. The number of hydrogen-bond acceptors (Lipinski definition) is 6. The number of anilines is 3. The molecule has 1 aliphatic heterocycles. The molecule has 27 heavy (non-hydrogen) atoms. The molecule has 2 aromatic rings. The maximum absolute atomic E-state index is 9.86. The number of nitrogens with one attached hydrogen (secondary N) is 2. The van der Waals surface area contributed by atoms with Crippen LogP contribution in [0.4, 0.5) is 17.3 Å². The molecule has 0 saturated heterocycles. The fourth-order valence-corrected chi connectivity index (χ4v) is 3.17. The van der Waals surface area contributed by atoms with E-state index in [1.807, 2.05) is 45.0 Å². The Morgan fingerprint density at radius 3 is 2.63 bits per heavy atom. The van der Waals surface area contributed by atoms with Gasteiger partial charge in [0.15, 0.2) is 5.82 Å². The minimum atomic E-state index is -0.315. The molecule has 0 aliphatic carbocycles. The van der Waals surface area contributed by atoms with Gasteiger partial charge in [-0.15, -0.1) is 0 Å². The molecule has 2 heterocycles. The molecule has 6 heteroatoms. The van der Waals surface area contributed by atoms with Gasteiger partial charge in [-0.2, -0.15) is 5.26 Å². The largest absolute Gasteiger partial charge is 0.383 e. The van der Waals surface area contributed by atoms with Crippen LogP contribution in [0.3, 0.4) is 0 Å². The molecule has 0 radical (unpaired) electrons. The lowest BCUT2D eigenvalue weighted by Gasteiger charge is -2.33. The van der Waals surface area contributed by atoms with E-state index in [0.29, 0.717) is 37.6 Å². The number of nitrogens with zero attached hydrogens (tertiary/aromatic N) is 2. The van der Waals surface area contributed by atoms with E-state index in [1.165, 1.54) is 5.56 Å². The van der Waals surface area contributed by atoms with Crippen LogP contribution in [-0.2, 0) is 22.5 Å². The van der Waals surface area contributed by atoms with Crippen LogP contribution in [0, 0.1) is 18.3 Å². The van der Waals surface area contributed by atoms with Crippen molar-refractivity contribution >= 4 is 17.3 Å². The third-order valence-electron chi connectivity index (χ3n) is 4.65. The minimum Gasteiger partial charge on any atom is -0.383 e. The smallest absolute Gasteiger partial charge is 0.151 e. The SMILES string of the molecule is COCCNc1nc(Nc2ccc(C)cc2)c(C#N)c2c1COC(C)(C)C2. The first-order valence-corrected chi connectivity index (χ1v) is 9.10. The van der Waals surface area contributed by atoms with Gasteiger partial charge < -0.3 is 20.1 Å². The number of methoxy groups -OCH3 is 1. The number of pyridine rings is 1. The number of nitriles is 1. The van der Waals surface area contributed by atoms with E-state index >= 15 is 0 Å². The lowest BCUT2D eigenvalue weighted by Crippen LogP contribution is -2.33. The van der Waals surface area contributed by atoms with Crippen molar-refractivity contribution in [3.63, 3.8) is 0 Å². The van der Waals surface area contributed by atoms with Crippen molar-refractivity contribution in [3.8, 4) is 6.07 Å². The summed E-state index contributed by atoms with van der Waals surface area (Å²) in [6, 6.07) is 10.4. The van der Waals surface area contributed by atoms with E-state index < -0.39 is 0 Å². The van der Waals surface area contributed by atoms with Gasteiger partial charge in [0.1, 0.15) is 11.9 Å². The molecule has 0 atom stereocenters. The van der Waals surface area contributed by atoms with E-state index in [-0.39, 0.29) is 5.60 Å². The number of hydrogen-bond donors (Lipinski definition) is 2. The standard InChI is InChI=1S/C21H26N4O2/c1-14-5-7-15(8-6-14)24-20-17(12-22)16-11-21(2,3)27-13-18(16)19(25-20)23-9-10-26-4/h5-8H,9-11,13H2,1-4H3,(H2,23,24,25). The Balaban J connectivity index is 2.04. The Labute approximate surface area is 160 Å². The maximum atomic E-state index is 9.86. The van der Waals surface area contributed by atoms with E-state index in [1.54, 1.807) is 7.11 Å². The molecule has 0 fully saturated rings. The second-order valence-electron chi connectivity index (χ2n) is 7.39. The summed E-state index contributed by atoms with van der Waals surface area (Å²) in [6.45, 7) is 7.77. The maximum Gasteiger partial charge on any atom is 0.151 e. The molecule has 142 valence electrons. The van der Waals surface area contributed by atoms with Gasteiger partial charge in [-0.3, -0.25) is 0 Å². The highest BCUT2D eigenvalue weighted by Gasteiger charge is 2.31. The summed E-state index contributed by atoms with van der Waals surface area (Å²) in [5.41, 5.74) is 4.30. The van der Waals surface area contributed by atoms with Gasteiger partial charge in [0, 0.05) is 31.3 Å². The molecular weight excluding hydrogens is 340 g/mol. The van der Waals surface area contributed by atoms with Gasteiger partial charge in [-0.1, -0.05) is 17.7 Å². The van der Waals surface area contributed by atoms with Crippen LogP contribution < -0.4 is 10.6 Å². The van der Waals surface area contributed by atoms with Crippen molar-refractivity contribution in [2.75, 3.05) is 30.9 Å². The van der Waals surface area contributed by atoms with Crippen molar-refractivity contribution in [1.29, 1.82) is 5.26 Å². The number of rotatable bonds is 6. The van der Waals surface area contributed by atoms with Crippen LogP contribution in [0.15, 0.2) is 24.3 Å². The van der Waals surface area contributed by atoms with E-state index in [4.69, 9.17) is 14.5 Å². The number of aryl methyl sites for hydroxylation is 1. The van der Waals surface area contributed by atoms with E-state index in [9.17, 15) is 5.26 Å². The number of ether oxygens (including phenoxy) is 2. The van der Waals surface area contributed by atoms with Crippen molar-refractivity contribution in [2.24, 2.45) is 0 Å². The molecule has 2 N–H and O–H groups in total. The van der Waals surface area contributed by atoms with Crippen LogP contribution in [0.25, 0.3) is 0 Å². The summed E-state index contributed by atoms with van der Waals surface area (Å²) < 4.78 is 11.1. The summed E-state index contributed by atoms with van der Waals surface area (Å²) in [5, 5.41) is 16.5. The van der Waals surface area contributed by atoms with Crippen LogP contribution in [0.5, 0.6) is 0 Å². The molecule has 3 rings (SSSR count). The molecule has 0 unspecified atom stereocenters. The van der Waals surface area contributed by atoms with Gasteiger partial charge in [0.05, 0.1) is 24.4 Å². The highest BCUT2D eigenvalue weighted by atomic mass is 16.5. The molecule has 0 amide bonds. The lowest BCUT2D eigenvalue weighted by molar-refractivity contribution is -0.0399. The van der Waals surface area contributed by atoms with E-state index in [0.717, 1.165) is 22.6 Å². The number of fused-ring (bicyclic) bond motifs is 1. The molecule has 1 aromatic heterocycles. The fraction of sp³-hybridized carbons (Fsp3) is 0.429. The third-order valence-corrected chi connectivity index (χ3v) is 4.65. The average molecular weight is 366 g/mol. The van der Waals surface area contributed by atoms with Crippen LogP contribution in [0.1, 0.15) is 36.1 Å². The Kier molecular flexibility index (Phi) is 5.64. The zero-order chi connectivity index (χ0) is 19.4. The molecule has 0 saturated carbocycles. The predicted octanol–water partition coefficient (Wildman–Crippen LogP) is 3.91. The summed E-state index contributed by atoms with van der Waals surface area (Å²) >= 11 is 0. The van der Waals surface area contributed by atoms with Crippen molar-refractivity contribution < 1.29 is 9.47 Å². The topological polar surface area (TPSA) is 79.2 Å². The summed E-state index contributed by atoms with van der Waals surface area (Å²) in [7, 11) is 1.67. The van der Waals surface area contributed by atoms with Crippen LogP contribution in [0.2, 0.25) is 0 Å². The predicted molar refractivity (Wildman–Crippen MR) is 106 cm³/mol. The first-order chi connectivity index (χ1) is 12.9. The molecular formula is C21H26N4O2. The molecule has 0 spiro atoms. The zero-order valence-corrected chi connectivity index (χ0v) is 16.3. The Hall–Kier alpha value is -2.62. The zero-order valence-electron chi connectivity index (χ0n) is 16.3. The second kappa shape index (κ2) is 7.95. The third kappa shape index (κ3) is 4.38. The monoisotopic (exact) mass is 366 g/mol. The first-order valence-electron chi connectivity index (χ1n) is 9.10. The first kappa shape index (κ1) is 19.2. The van der Waals surface area contributed by atoms with Crippen molar-refractivity contribution in [3.05, 3.63) is 46.5 Å². The van der Waals surface area contributed by atoms with Crippen LogP contribution in [-0.4, -0.2) is 30.8 Å². The average Bonchev–Trinajstić information content (AvgIpc) is 2.63. The van der Waals surface area contributed by atoms with Gasteiger partial charge in [0.2, 0.25) is 0 Å². The summed E-state index contributed by atoms with van der Waals surface area (Å²) in [6.07, 6.45) is 0.662. The molecule has 6 nitrogen and oxygen atoms in total. The Morgan fingerprint density at radius 2 is 1.96 bits per heavy atom. The second-order valence-corrected chi connectivity index (χ2v) is 7.39. The number of aromatic nitrogens is 1. The number of benzene rings is 1. The van der Waals surface area contributed by atoms with Gasteiger partial charge in [-0.25, -0.2) is 4.98 Å². The lowest BCUT2D eigenvalue weighted by atomic mass is 9.89. The van der Waals surface area contributed by atoms with Gasteiger partial charge in [-0.05, 0) is 38.5 Å². The molecule has 0 bridgehead atoms. The van der Waals surface area contributed by atoms with E-state index in [2.05, 4.69) is 16.7 Å². The van der Waals surface area contributed by atoms with Crippen molar-refractivity contribution in [2.45, 2.75) is 39.4 Å². The summed E-state index contributed by atoms with van der Waals surface area (Å²) in [5.74, 6) is 1.31. The normalized spacial score (nSPS) is 14.9. The van der Waals surface area contributed by atoms with Gasteiger partial charge >= 0.3 is 0 Å². The summed E-state index contributed by atoms with van der Waals surface area (Å²) in [4.78, 5) is 4.71. The molecule has 1 aromatic carbocycles. The highest BCUT2D eigenvalue weighted by molar-refractivity contribution is 5.70. The quantitative estimate of drug-likeness (QED) is 0.755.